The maximum Gasteiger partial charge on any atom is 0.216 e. The molecule has 4 heteroatoms. The van der Waals surface area contributed by atoms with Gasteiger partial charge in [0.25, 0.3) is 0 Å². The lowest BCUT2D eigenvalue weighted by Gasteiger charge is -2.08. The lowest BCUT2D eigenvalue weighted by atomic mass is 10.3. The Morgan fingerprint density at radius 2 is 2.07 bits per heavy atom. The number of hydrogen-bond donors (Lipinski definition) is 2. The van der Waals surface area contributed by atoms with Crippen LogP contribution in [0.2, 0.25) is 0 Å². The summed E-state index contributed by atoms with van der Waals surface area (Å²) < 4.78 is 1.19. The standard InChI is InChI=1S/C10H13IN2O/c1-8(14)12-6-7-13-10-5-3-2-4-9(10)11/h2-5,13H,6-7H2,1H3,(H,12,14). The smallest absolute Gasteiger partial charge is 0.216 e. The van der Waals surface area contributed by atoms with E-state index in [4.69, 9.17) is 0 Å². The van der Waals surface area contributed by atoms with Gasteiger partial charge in [-0.25, -0.2) is 0 Å². The summed E-state index contributed by atoms with van der Waals surface area (Å²) >= 11 is 2.28. The molecule has 0 atom stereocenters. The lowest BCUT2D eigenvalue weighted by molar-refractivity contribution is -0.118. The minimum atomic E-state index is 0.00885. The van der Waals surface area contributed by atoms with Gasteiger partial charge in [-0.2, -0.15) is 0 Å². The average molecular weight is 304 g/mol. The number of amides is 1. The second-order valence-electron chi connectivity index (χ2n) is 2.89. The van der Waals surface area contributed by atoms with Gasteiger partial charge in [0.2, 0.25) is 5.91 Å². The number of anilines is 1. The maximum atomic E-state index is 10.6. The zero-order chi connectivity index (χ0) is 10.4. The molecule has 0 aliphatic rings. The Balaban J connectivity index is 2.31. The van der Waals surface area contributed by atoms with Crippen molar-refractivity contribution in [1.82, 2.24) is 5.32 Å². The van der Waals surface area contributed by atoms with Crippen LogP contribution in [-0.2, 0) is 4.79 Å². The molecule has 1 amide bonds. The number of nitrogens with one attached hydrogen (secondary N) is 2. The summed E-state index contributed by atoms with van der Waals surface area (Å²) in [5, 5.41) is 5.98. The molecule has 0 heterocycles. The minimum Gasteiger partial charge on any atom is -0.382 e. The first-order chi connectivity index (χ1) is 6.70. The molecular weight excluding hydrogens is 291 g/mol. The SMILES string of the molecule is CC(=O)NCCNc1ccccc1I. The van der Waals surface area contributed by atoms with E-state index in [1.54, 1.807) is 0 Å². The van der Waals surface area contributed by atoms with Crippen LogP contribution >= 0.6 is 22.6 Å². The molecule has 3 nitrogen and oxygen atoms in total. The molecular formula is C10H13IN2O. The van der Waals surface area contributed by atoms with E-state index in [2.05, 4.69) is 33.2 Å². The predicted octanol–water partition coefficient (Wildman–Crippen LogP) is 1.84. The summed E-state index contributed by atoms with van der Waals surface area (Å²) in [6.45, 7) is 2.92. The van der Waals surface area contributed by atoms with Crippen LogP contribution in [0.1, 0.15) is 6.92 Å². The quantitative estimate of drug-likeness (QED) is 0.658. The van der Waals surface area contributed by atoms with Crippen LogP contribution in [0.25, 0.3) is 0 Å². The van der Waals surface area contributed by atoms with Crippen LogP contribution in [0.15, 0.2) is 24.3 Å². The van der Waals surface area contributed by atoms with Gasteiger partial charge in [-0.1, -0.05) is 12.1 Å². The number of benzene rings is 1. The Labute approximate surface area is 97.4 Å². The predicted molar refractivity (Wildman–Crippen MR) is 66.3 cm³/mol. The molecule has 0 aliphatic carbocycles. The largest absolute Gasteiger partial charge is 0.382 e. The van der Waals surface area contributed by atoms with E-state index in [1.165, 1.54) is 10.5 Å². The van der Waals surface area contributed by atoms with Gasteiger partial charge in [0.05, 0.1) is 0 Å². The molecule has 0 radical (unpaired) electrons. The zero-order valence-corrected chi connectivity index (χ0v) is 10.2. The van der Waals surface area contributed by atoms with Gasteiger partial charge in [0, 0.05) is 29.3 Å². The van der Waals surface area contributed by atoms with Crippen molar-refractivity contribution in [2.24, 2.45) is 0 Å². The highest BCUT2D eigenvalue weighted by Crippen LogP contribution is 2.15. The van der Waals surface area contributed by atoms with E-state index in [1.807, 2.05) is 24.3 Å². The summed E-state index contributed by atoms with van der Waals surface area (Å²) in [5.41, 5.74) is 1.11. The number of hydrogen-bond acceptors (Lipinski definition) is 2. The van der Waals surface area contributed by atoms with E-state index >= 15 is 0 Å². The van der Waals surface area contributed by atoms with Crippen molar-refractivity contribution in [3.8, 4) is 0 Å². The molecule has 0 saturated heterocycles. The number of carbonyl (C=O) groups excluding carboxylic acids is 1. The Kier molecular flexibility index (Phi) is 4.72. The monoisotopic (exact) mass is 304 g/mol. The fraction of sp³-hybridized carbons (Fsp3) is 0.300. The zero-order valence-electron chi connectivity index (χ0n) is 8.01. The topological polar surface area (TPSA) is 41.1 Å². The van der Waals surface area contributed by atoms with Crippen molar-refractivity contribution in [3.63, 3.8) is 0 Å². The number of para-hydroxylation sites is 1. The third-order valence-corrected chi connectivity index (χ3v) is 2.63. The van der Waals surface area contributed by atoms with E-state index in [9.17, 15) is 4.79 Å². The highest BCUT2D eigenvalue weighted by atomic mass is 127. The van der Waals surface area contributed by atoms with Gasteiger partial charge in [0.1, 0.15) is 0 Å². The van der Waals surface area contributed by atoms with Gasteiger partial charge in [-0.15, -0.1) is 0 Å². The van der Waals surface area contributed by atoms with E-state index in [0.717, 1.165) is 12.2 Å². The summed E-state index contributed by atoms with van der Waals surface area (Å²) in [6, 6.07) is 8.06. The molecule has 0 aromatic heterocycles. The van der Waals surface area contributed by atoms with E-state index in [0.29, 0.717) is 6.54 Å². The molecule has 76 valence electrons. The van der Waals surface area contributed by atoms with Crippen LogP contribution in [0.3, 0.4) is 0 Å². The molecule has 1 aromatic carbocycles. The number of halogens is 1. The molecule has 0 spiro atoms. The fourth-order valence-corrected chi connectivity index (χ4v) is 1.62. The highest BCUT2D eigenvalue weighted by Gasteiger charge is 1.96. The van der Waals surface area contributed by atoms with Crippen molar-refractivity contribution in [2.45, 2.75) is 6.92 Å². The third kappa shape index (κ3) is 3.95. The Morgan fingerprint density at radius 3 is 2.71 bits per heavy atom. The van der Waals surface area contributed by atoms with Crippen molar-refractivity contribution in [2.75, 3.05) is 18.4 Å². The van der Waals surface area contributed by atoms with Crippen molar-refractivity contribution in [1.29, 1.82) is 0 Å². The van der Waals surface area contributed by atoms with Crippen molar-refractivity contribution >= 4 is 34.2 Å². The minimum absolute atomic E-state index is 0.00885. The van der Waals surface area contributed by atoms with E-state index in [-0.39, 0.29) is 5.91 Å². The second-order valence-corrected chi connectivity index (χ2v) is 4.05. The molecule has 0 saturated carbocycles. The number of carbonyl (C=O) groups is 1. The van der Waals surface area contributed by atoms with E-state index < -0.39 is 0 Å². The molecule has 0 aliphatic heterocycles. The molecule has 14 heavy (non-hydrogen) atoms. The van der Waals surface area contributed by atoms with Crippen LogP contribution < -0.4 is 10.6 Å². The third-order valence-electron chi connectivity index (χ3n) is 1.69. The Bertz CT molecular complexity index is 315. The molecule has 1 aromatic rings. The first-order valence-electron chi connectivity index (χ1n) is 4.43. The second kappa shape index (κ2) is 5.85. The van der Waals surface area contributed by atoms with Crippen LogP contribution in [-0.4, -0.2) is 19.0 Å². The van der Waals surface area contributed by atoms with Crippen molar-refractivity contribution in [3.05, 3.63) is 27.8 Å². The molecule has 1 rings (SSSR count). The highest BCUT2D eigenvalue weighted by molar-refractivity contribution is 14.1. The van der Waals surface area contributed by atoms with Crippen molar-refractivity contribution < 1.29 is 4.79 Å². The van der Waals surface area contributed by atoms with Gasteiger partial charge < -0.3 is 10.6 Å². The Morgan fingerprint density at radius 1 is 1.36 bits per heavy atom. The van der Waals surface area contributed by atoms with Gasteiger partial charge in [-0.05, 0) is 34.7 Å². The van der Waals surface area contributed by atoms with Crippen LogP contribution in [0.4, 0.5) is 5.69 Å². The summed E-state index contributed by atoms with van der Waals surface area (Å²) in [7, 11) is 0. The molecule has 0 unspecified atom stereocenters. The normalized spacial score (nSPS) is 9.57. The number of rotatable bonds is 4. The van der Waals surface area contributed by atoms with Gasteiger partial charge in [-0.3, -0.25) is 4.79 Å². The van der Waals surface area contributed by atoms with Gasteiger partial charge in [0.15, 0.2) is 0 Å². The molecule has 0 fully saturated rings. The molecule has 2 N–H and O–H groups in total. The summed E-state index contributed by atoms with van der Waals surface area (Å²) in [4.78, 5) is 10.6. The maximum absolute atomic E-state index is 10.6. The van der Waals surface area contributed by atoms with Gasteiger partial charge >= 0.3 is 0 Å². The lowest BCUT2D eigenvalue weighted by Crippen LogP contribution is -2.26. The molecule has 0 bridgehead atoms. The summed E-state index contributed by atoms with van der Waals surface area (Å²) in [5.74, 6) is 0.00885. The van der Waals surface area contributed by atoms with Crippen LogP contribution in [0, 0.1) is 3.57 Å². The van der Waals surface area contributed by atoms with Crippen LogP contribution in [0.5, 0.6) is 0 Å². The fourth-order valence-electron chi connectivity index (χ4n) is 1.04. The first kappa shape index (κ1) is 11.3. The Hall–Kier alpha value is -0.780. The first-order valence-corrected chi connectivity index (χ1v) is 5.51. The summed E-state index contributed by atoms with van der Waals surface area (Å²) in [6.07, 6.45) is 0. The average Bonchev–Trinajstić information content (AvgIpc) is 2.15.